The van der Waals surface area contributed by atoms with Crippen LogP contribution in [-0.2, 0) is 20.7 Å². The van der Waals surface area contributed by atoms with Gasteiger partial charge in [0.2, 0.25) is 11.8 Å². The number of benzene rings is 3. The second-order valence-corrected chi connectivity index (χ2v) is 10.5. The smallest absolute Gasteiger partial charge is 0.315 e. The monoisotopic (exact) mass is 572 g/mol. The molecule has 3 atom stereocenters. The van der Waals surface area contributed by atoms with Crippen LogP contribution in [0.3, 0.4) is 0 Å². The molecular weight excluding hydrogens is 532 g/mol. The zero-order valence-electron chi connectivity index (χ0n) is 24.0. The van der Waals surface area contributed by atoms with Crippen molar-refractivity contribution >= 4 is 34.5 Å². The summed E-state index contributed by atoms with van der Waals surface area (Å²) >= 11 is 0. The molecule has 3 aromatic carbocycles. The number of carbonyl (C=O) groups excluding carboxylic acids is 3. The highest BCUT2D eigenvalue weighted by Gasteiger charge is 2.34. The molecule has 1 unspecified atom stereocenters. The first kappa shape index (κ1) is 30.5. The fraction of sp³-hybridized carbons (Fsp3) is 0.375. The lowest BCUT2D eigenvalue weighted by Gasteiger charge is -2.28. The second-order valence-electron chi connectivity index (χ2n) is 10.5. The van der Waals surface area contributed by atoms with Gasteiger partial charge in [-0.15, -0.1) is 0 Å². The van der Waals surface area contributed by atoms with E-state index in [-0.39, 0.29) is 37.0 Å². The highest BCUT2D eigenvalue weighted by atomic mass is 16.5. The molecule has 0 aliphatic carbocycles. The summed E-state index contributed by atoms with van der Waals surface area (Å²) in [6.45, 7) is 3.04. The number of hydrogen-bond donors (Lipinski definition) is 4. The Labute approximate surface area is 246 Å². The minimum atomic E-state index is -0.617. The predicted molar refractivity (Wildman–Crippen MR) is 164 cm³/mol. The number of nitrogens with zero attached hydrogens (tertiary/aromatic N) is 2. The highest BCUT2D eigenvalue weighted by molar-refractivity contribution is 6.00. The molecule has 42 heavy (non-hydrogen) atoms. The number of carbonyl (C=O) groups is 3. The van der Waals surface area contributed by atoms with Crippen LogP contribution >= 0.6 is 0 Å². The number of primary amides is 1. The third-order valence-electron chi connectivity index (χ3n) is 7.67. The lowest BCUT2D eigenvalue weighted by atomic mass is 9.92. The molecule has 0 aromatic heterocycles. The summed E-state index contributed by atoms with van der Waals surface area (Å²) in [6, 6.07) is 20.3. The molecule has 10 heteroatoms. The third kappa shape index (κ3) is 7.64. The number of aliphatic imine (C=N–C) groups is 1. The number of fused-ring (bicyclic) bond motifs is 1. The van der Waals surface area contributed by atoms with E-state index in [0.29, 0.717) is 44.3 Å². The fourth-order valence-corrected chi connectivity index (χ4v) is 5.63. The van der Waals surface area contributed by atoms with Gasteiger partial charge in [0.15, 0.2) is 5.96 Å². The van der Waals surface area contributed by atoms with Gasteiger partial charge in [0.25, 0.3) is 0 Å². The van der Waals surface area contributed by atoms with E-state index in [9.17, 15) is 14.4 Å². The molecule has 7 N–H and O–H groups in total. The van der Waals surface area contributed by atoms with Crippen LogP contribution in [0.25, 0.3) is 10.8 Å². The van der Waals surface area contributed by atoms with E-state index in [2.05, 4.69) is 10.3 Å². The van der Waals surface area contributed by atoms with E-state index in [1.807, 2.05) is 60.7 Å². The molecule has 10 nitrogen and oxygen atoms in total. The van der Waals surface area contributed by atoms with Crippen molar-refractivity contribution in [2.45, 2.75) is 50.6 Å². The lowest BCUT2D eigenvalue weighted by Crippen LogP contribution is -2.47. The maximum Gasteiger partial charge on any atom is 0.315 e. The van der Waals surface area contributed by atoms with Gasteiger partial charge in [0, 0.05) is 31.2 Å². The topological polar surface area (TPSA) is 166 Å². The quantitative estimate of drug-likeness (QED) is 0.112. The number of rotatable bonds is 12. The van der Waals surface area contributed by atoms with Crippen LogP contribution in [0.15, 0.2) is 71.7 Å². The number of amides is 2. The van der Waals surface area contributed by atoms with Gasteiger partial charge in [-0.2, -0.15) is 0 Å². The van der Waals surface area contributed by atoms with E-state index < -0.39 is 17.9 Å². The minimum absolute atomic E-state index is 0.00438. The number of esters is 1. The Bertz CT molecular complexity index is 1420. The molecule has 1 saturated heterocycles. The Morgan fingerprint density at radius 1 is 1.05 bits per heavy atom. The molecule has 1 heterocycles. The molecule has 0 spiro atoms. The van der Waals surface area contributed by atoms with Crippen LogP contribution < -0.4 is 22.5 Å². The summed E-state index contributed by atoms with van der Waals surface area (Å²) in [6.07, 6.45) is 2.20. The maximum atomic E-state index is 14.0. The van der Waals surface area contributed by atoms with Crippen molar-refractivity contribution in [2.75, 3.05) is 26.2 Å². The van der Waals surface area contributed by atoms with Crippen molar-refractivity contribution in [1.82, 2.24) is 10.2 Å². The van der Waals surface area contributed by atoms with Crippen molar-refractivity contribution in [1.29, 1.82) is 0 Å². The van der Waals surface area contributed by atoms with E-state index in [0.717, 1.165) is 21.9 Å². The summed E-state index contributed by atoms with van der Waals surface area (Å²) in [5.41, 5.74) is 18.9. The van der Waals surface area contributed by atoms with Gasteiger partial charge in [-0.25, -0.2) is 0 Å². The van der Waals surface area contributed by atoms with Crippen molar-refractivity contribution in [3.63, 3.8) is 0 Å². The molecule has 1 fully saturated rings. The molecule has 0 saturated carbocycles. The first-order valence-corrected chi connectivity index (χ1v) is 14.4. The van der Waals surface area contributed by atoms with Gasteiger partial charge < -0.3 is 32.2 Å². The van der Waals surface area contributed by atoms with Gasteiger partial charge in [0.1, 0.15) is 0 Å². The highest BCUT2D eigenvalue weighted by Crippen LogP contribution is 2.27. The Balaban J connectivity index is 1.63. The zero-order chi connectivity index (χ0) is 30.1. The van der Waals surface area contributed by atoms with Crippen LogP contribution in [0, 0.1) is 0 Å². The Morgan fingerprint density at radius 2 is 1.79 bits per heavy atom. The van der Waals surface area contributed by atoms with Crippen molar-refractivity contribution in [3.8, 4) is 0 Å². The van der Waals surface area contributed by atoms with Gasteiger partial charge in [-0.3, -0.25) is 19.4 Å². The van der Waals surface area contributed by atoms with Gasteiger partial charge in [-0.1, -0.05) is 60.7 Å². The standard InChI is InChI=1S/C32H40N6O4/c1-2-42-31(41)27(21-9-4-3-5-10-21)20-38-18-16-23(37-28(30(38)40)13-8-17-36-32(34)35)19-26-24-12-7-6-11-22(24)14-15-25(26)29(33)39/h3-7,9-12,14-15,23,27-28,37H,2,8,13,16-20H2,1H3,(H2,33,39)(H4,34,35,36)/t23-,27?,28+/m1/s1. The van der Waals surface area contributed by atoms with E-state index in [1.165, 1.54) is 0 Å². The first-order valence-electron chi connectivity index (χ1n) is 14.4. The Hall–Kier alpha value is -4.44. The second kappa shape index (κ2) is 14.5. The number of hydrogen-bond acceptors (Lipinski definition) is 6. The van der Waals surface area contributed by atoms with Crippen molar-refractivity contribution in [3.05, 3.63) is 83.4 Å². The van der Waals surface area contributed by atoms with Gasteiger partial charge >= 0.3 is 5.97 Å². The average Bonchev–Trinajstić information content (AvgIpc) is 3.12. The van der Waals surface area contributed by atoms with E-state index in [1.54, 1.807) is 17.9 Å². The summed E-state index contributed by atoms with van der Waals surface area (Å²) in [7, 11) is 0. The van der Waals surface area contributed by atoms with Crippen LogP contribution in [0.1, 0.15) is 53.6 Å². The van der Waals surface area contributed by atoms with Gasteiger partial charge in [0.05, 0.1) is 18.6 Å². The average molecular weight is 573 g/mol. The number of nitrogens with one attached hydrogen (secondary N) is 1. The van der Waals surface area contributed by atoms with Crippen molar-refractivity contribution in [2.24, 2.45) is 22.2 Å². The van der Waals surface area contributed by atoms with Crippen LogP contribution in [-0.4, -0.2) is 67.0 Å². The lowest BCUT2D eigenvalue weighted by molar-refractivity contribution is -0.146. The number of ether oxygens (including phenoxy) is 1. The molecule has 1 aliphatic heterocycles. The first-order chi connectivity index (χ1) is 20.3. The Morgan fingerprint density at radius 3 is 2.50 bits per heavy atom. The van der Waals surface area contributed by atoms with Gasteiger partial charge in [-0.05, 0) is 60.6 Å². The summed E-state index contributed by atoms with van der Waals surface area (Å²) in [5.74, 6) is -1.56. The number of nitrogens with two attached hydrogens (primary N) is 3. The van der Waals surface area contributed by atoms with E-state index >= 15 is 0 Å². The minimum Gasteiger partial charge on any atom is -0.465 e. The normalized spacial score (nSPS) is 17.8. The van der Waals surface area contributed by atoms with Crippen LogP contribution in [0.2, 0.25) is 0 Å². The summed E-state index contributed by atoms with van der Waals surface area (Å²) in [5, 5.41) is 5.53. The molecular formula is C32H40N6O4. The fourth-order valence-electron chi connectivity index (χ4n) is 5.63. The Kier molecular flexibility index (Phi) is 10.5. The van der Waals surface area contributed by atoms with Crippen LogP contribution in [0.4, 0.5) is 0 Å². The molecule has 3 aromatic rings. The SMILES string of the molecule is CCOC(=O)C(CN1CC[C@H](Cc2c(C(N)=O)ccc3ccccc23)N[C@@H](CCCN=C(N)N)C1=O)c1ccccc1. The molecule has 0 radical (unpaired) electrons. The predicted octanol–water partition coefficient (Wildman–Crippen LogP) is 2.44. The largest absolute Gasteiger partial charge is 0.465 e. The molecule has 2 amide bonds. The van der Waals surface area contributed by atoms with Crippen molar-refractivity contribution < 1.29 is 19.1 Å². The molecule has 4 rings (SSSR count). The maximum absolute atomic E-state index is 14.0. The molecule has 1 aliphatic rings. The third-order valence-corrected chi connectivity index (χ3v) is 7.67. The molecule has 222 valence electrons. The zero-order valence-corrected chi connectivity index (χ0v) is 24.0. The van der Waals surface area contributed by atoms with Crippen LogP contribution in [0.5, 0.6) is 0 Å². The summed E-state index contributed by atoms with van der Waals surface area (Å²) in [4.78, 5) is 45.2. The summed E-state index contributed by atoms with van der Waals surface area (Å²) < 4.78 is 5.40. The molecule has 0 bridgehead atoms. The van der Waals surface area contributed by atoms with E-state index in [4.69, 9.17) is 21.9 Å². The number of guanidine groups is 1.